The van der Waals surface area contributed by atoms with Crippen molar-refractivity contribution < 1.29 is 14.6 Å². The van der Waals surface area contributed by atoms with E-state index in [0.29, 0.717) is 6.61 Å². The van der Waals surface area contributed by atoms with Crippen molar-refractivity contribution in [1.82, 2.24) is 0 Å². The quantitative estimate of drug-likeness (QED) is 0.604. The molecule has 0 unspecified atom stereocenters. The Balaban J connectivity index is 2.55. The second-order valence-corrected chi connectivity index (χ2v) is 3.21. The fourth-order valence-corrected chi connectivity index (χ4v) is 1.47. The summed E-state index contributed by atoms with van der Waals surface area (Å²) in [6, 6.07) is 0. The number of rotatable bonds is 1. The molecule has 0 amide bonds. The average molecular weight is 160 g/mol. The number of aliphatic hydroxyl groups is 1. The van der Waals surface area contributed by atoms with E-state index >= 15 is 0 Å². The molecule has 0 aromatic heterocycles. The van der Waals surface area contributed by atoms with Gasteiger partial charge in [0.1, 0.15) is 6.10 Å². The van der Waals surface area contributed by atoms with E-state index in [-0.39, 0.29) is 18.1 Å². The van der Waals surface area contributed by atoms with Gasteiger partial charge in [-0.05, 0) is 6.92 Å². The SMILES string of the molecule is CO[C@@H]1[C@H](O)[C@H](C)OC[C@@H]1C. The number of methoxy groups -OCH3 is 1. The van der Waals surface area contributed by atoms with Gasteiger partial charge in [-0.15, -0.1) is 0 Å². The fourth-order valence-electron chi connectivity index (χ4n) is 1.47. The Morgan fingerprint density at radius 3 is 2.55 bits per heavy atom. The average Bonchev–Trinajstić information content (AvgIpc) is 1.99. The van der Waals surface area contributed by atoms with Crippen molar-refractivity contribution in [2.45, 2.75) is 32.2 Å². The maximum Gasteiger partial charge on any atom is 0.106 e. The highest BCUT2D eigenvalue weighted by molar-refractivity contribution is 4.83. The Labute approximate surface area is 67.3 Å². The van der Waals surface area contributed by atoms with Crippen LogP contribution in [0.3, 0.4) is 0 Å². The van der Waals surface area contributed by atoms with Gasteiger partial charge in [0.05, 0.1) is 18.8 Å². The molecule has 0 aliphatic carbocycles. The zero-order chi connectivity index (χ0) is 8.43. The van der Waals surface area contributed by atoms with E-state index in [1.165, 1.54) is 0 Å². The first-order chi connectivity index (χ1) is 5.16. The van der Waals surface area contributed by atoms with Crippen LogP contribution in [0.5, 0.6) is 0 Å². The molecule has 1 N–H and O–H groups in total. The van der Waals surface area contributed by atoms with Crippen molar-refractivity contribution in [2.75, 3.05) is 13.7 Å². The van der Waals surface area contributed by atoms with Gasteiger partial charge in [0.25, 0.3) is 0 Å². The summed E-state index contributed by atoms with van der Waals surface area (Å²) < 4.78 is 10.5. The normalized spacial score (nSPS) is 45.8. The Kier molecular flexibility index (Phi) is 2.87. The predicted octanol–water partition coefficient (Wildman–Crippen LogP) is 0.417. The minimum Gasteiger partial charge on any atom is -0.388 e. The molecule has 3 nitrogen and oxygen atoms in total. The second kappa shape index (κ2) is 3.52. The number of aliphatic hydroxyl groups excluding tert-OH is 1. The summed E-state index contributed by atoms with van der Waals surface area (Å²) in [6.45, 7) is 4.56. The first-order valence-electron chi connectivity index (χ1n) is 3.99. The van der Waals surface area contributed by atoms with Crippen molar-refractivity contribution in [3.05, 3.63) is 0 Å². The monoisotopic (exact) mass is 160 g/mol. The molecular weight excluding hydrogens is 144 g/mol. The molecule has 0 aromatic rings. The molecule has 1 fully saturated rings. The maximum atomic E-state index is 9.56. The van der Waals surface area contributed by atoms with Crippen molar-refractivity contribution >= 4 is 0 Å². The summed E-state index contributed by atoms with van der Waals surface area (Å²) in [5, 5.41) is 9.56. The lowest BCUT2D eigenvalue weighted by Gasteiger charge is -2.36. The molecule has 4 atom stereocenters. The van der Waals surface area contributed by atoms with Gasteiger partial charge in [0.2, 0.25) is 0 Å². The Morgan fingerprint density at radius 1 is 1.45 bits per heavy atom. The molecule has 0 bridgehead atoms. The largest absolute Gasteiger partial charge is 0.388 e. The molecule has 1 heterocycles. The van der Waals surface area contributed by atoms with Crippen LogP contribution in [0.25, 0.3) is 0 Å². The topological polar surface area (TPSA) is 38.7 Å². The predicted molar refractivity (Wildman–Crippen MR) is 41.4 cm³/mol. The third-order valence-corrected chi connectivity index (χ3v) is 2.27. The van der Waals surface area contributed by atoms with Gasteiger partial charge < -0.3 is 14.6 Å². The van der Waals surface area contributed by atoms with Crippen LogP contribution in [0.4, 0.5) is 0 Å². The van der Waals surface area contributed by atoms with E-state index in [0.717, 1.165) is 0 Å². The van der Waals surface area contributed by atoms with Crippen LogP contribution in [0.2, 0.25) is 0 Å². The zero-order valence-corrected chi connectivity index (χ0v) is 7.28. The van der Waals surface area contributed by atoms with Crippen molar-refractivity contribution in [1.29, 1.82) is 0 Å². The van der Waals surface area contributed by atoms with Crippen LogP contribution in [-0.4, -0.2) is 37.1 Å². The standard InChI is InChI=1S/C8H16O3/c1-5-4-11-6(2)7(9)8(5)10-3/h5-9H,4H2,1-3H3/t5-,6-,7+,8-/m0/s1. The molecule has 0 aromatic carbocycles. The van der Waals surface area contributed by atoms with Gasteiger partial charge in [-0.1, -0.05) is 6.92 Å². The van der Waals surface area contributed by atoms with Gasteiger partial charge in [0.15, 0.2) is 0 Å². The molecule has 1 aliphatic rings. The molecule has 1 saturated heterocycles. The smallest absolute Gasteiger partial charge is 0.106 e. The Bertz CT molecular complexity index is 127. The van der Waals surface area contributed by atoms with E-state index in [1.54, 1.807) is 7.11 Å². The van der Waals surface area contributed by atoms with Crippen LogP contribution < -0.4 is 0 Å². The number of ether oxygens (including phenoxy) is 2. The Hall–Kier alpha value is -0.120. The highest BCUT2D eigenvalue weighted by Gasteiger charge is 2.34. The highest BCUT2D eigenvalue weighted by Crippen LogP contribution is 2.21. The van der Waals surface area contributed by atoms with E-state index in [9.17, 15) is 5.11 Å². The molecule has 0 radical (unpaired) electrons. The van der Waals surface area contributed by atoms with Crippen molar-refractivity contribution in [3.8, 4) is 0 Å². The number of hydrogen-bond donors (Lipinski definition) is 1. The molecule has 1 aliphatic heterocycles. The summed E-state index contributed by atoms with van der Waals surface area (Å²) in [7, 11) is 1.63. The van der Waals surface area contributed by atoms with Crippen LogP contribution in [0, 0.1) is 5.92 Å². The van der Waals surface area contributed by atoms with Crippen molar-refractivity contribution in [3.63, 3.8) is 0 Å². The second-order valence-electron chi connectivity index (χ2n) is 3.21. The van der Waals surface area contributed by atoms with Gasteiger partial charge in [-0.2, -0.15) is 0 Å². The minimum absolute atomic E-state index is 0.0706. The minimum atomic E-state index is -0.483. The van der Waals surface area contributed by atoms with E-state index in [4.69, 9.17) is 9.47 Å². The van der Waals surface area contributed by atoms with Crippen LogP contribution in [-0.2, 0) is 9.47 Å². The summed E-state index contributed by atoms with van der Waals surface area (Å²) >= 11 is 0. The molecule has 1 rings (SSSR count). The van der Waals surface area contributed by atoms with Crippen LogP contribution >= 0.6 is 0 Å². The van der Waals surface area contributed by atoms with Gasteiger partial charge >= 0.3 is 0 Å². The van der Waals surface area contributed by atoms with Gasteiger partial charge in [-0.3, -0.25) is 0 Å². The zero-order valence-electron chi connectivity index (χ0n) is 7.28. The Morgan fingerprint density at radius 2 is 2.09 bits per heavy atom. The first-order valence-corrected chi connectivity index (χ1v) is 3.99. The van der Waals surface area contributed by atoms with Crippen LogP contribution in [0.1, 0.15) is 13.8 Å². The first kappa shape index (κ1) is 8.97. The summed E-state index contributed by atoms with van der Waals surface area (Å²) in [5.74, 6) is 0.284. The van der Waals surface area contributed by atoms with E-state index < -0.39 is 6.10 Å². The van der Waals surface area contributed by atoms with Crippen molar-refractivity contribution in [2.24, 2.45) is 5.92 Å². The maximum absolute atomic E-state index is 9.56. The molecule has 0 saturated carbocycles. The molecular formula is C8H16O3. The summed E-state index contributed by atoms with van der Waals surface area (Å²) in [5.41, 5.74) is 0. The van der Waals surface area contributed by atoms with Gasteiger partial charge in [0, 0.05) is 13.0 Å². The van der Waals surface area contributed by atoms with E-state index in [1.807, 2.05) is 13.8 Å². The van der Waals surface area contributed by atoms with E-state index in [2.05, 4.69) is 0 Å². The summed E-state index contributed by atoms with van der Waals surface area (Å²) in [4.78, 5) is 0. The lowest BCUT2D eigenvalue weighted by molar-refractivity contribution is -0.164. The third kappa shape index (κ3) is 1.72. The van der Waals surface area contributed by atoms with Crippen LogP contribution in [0.15, 0.2) is 0 Å². The lowest BCUT2D eigenvalue weighted by atomic mass is 9.94. The van der Waals surface area contributed by atoms with Gasteiger partial charge in [-0.25, -0.2) is 0 Å². The number of hydrogen-bond acceptors (Lipinski definition) is 3. The summed E-state index contributed by atoms with van der Waals surface area (Å²) in [6.07, 6.45) is -0.654. The highest BCUT2D eigenvalue weighted by atomic mass is 16.5. The molecule has 11 heavy (non-hydrogen) atoms. The lowest BCUT2D eigenvalue weighted by Crippen LogP contribution is -2.48. The fraction of sp³-hybridized carbons (Fsp3) is 1.00. The molecule has 0 spiro atoms. The third-order valence-electron chi connectivity index (χ3n) is 2.27. The molecule has 3 heteroatoms. The molecule has 66 valence electrons.